The van der Waals surface area contributed by atoms with Gasteiger partial charge in [0.15, 0.2) is 0 Å². The third-order valence-electron chi connectivity index (χ3n) is 3.68. The fourth-order valence-corrected chi connectivity index (χ4v) is 2.70. The van der Waals surface area contributed by atoms with Crippen LogP contribution in [0.3, 0.4) is 0 Å². The lowest BCUT2D eigenvalue weighted by Crippen LogP contribution is -2.26. The summed E-state index contributed by atoms with van der Waals surface area (Å²) < 4.78 is 11.2. The number of hydrogen-bond acceptors (Lipinski definition) is 3. The predicted octanol–water partition coefficient (Wildman–Crippen LogP) is 2.50. The van der Waals surface area contributed by atoms with E-state index in [9.17, 15) is 0 Å². The summed E-state index contributed by atoms with van der Waals surface area (Å²) in [5.41, 5.74) is 2.61. The summed E-state index contributed by atoms with van der Waals surface area (Å²) in [5.74, 6) is 2.65. The number of rotatable bonds is 3. The van der Waals surface area contributed by atoms with Crippen molar-refractivity contribution in [3.05, 3.63) is 22.6 Å². The van der Waals surface area contributed by atoms with Gasteiger partial charge in [-0.2, -0.15) is 0 Å². The van der Waals surface area contributed by atoms with Gasteiger partial charge in [-0.15, -0.1) is 0 Å². The van der Waals surface area contributed by atoms with Crippen molar-refractivity contribution in [1.82, 2.24) is 5.32 Å². The van der Waals surface area contributed by atoms with E-state index >= 15 is 0 Å². The van der Waals surface area contributed by atoms with Gasteiger partial charge in [-0.1, -0.05) is 0 Å². The summed E-state index contributed by atoms with van der Waals surface area (Å²) in [6.45, 7) is 7.97. The minimum absolute atomic E-state index is 0.361. The van der Waals surface area contributed by atoms with Gasteiger partial charge < -0.3 is 14.5 Å². The molecule has 0 aliphatic carbocycles. The highest BCUT2D eigenvalue weighted by Gasteiger charge is 2.30. The number of hydrogen-bond donors (Lipinski definition) is 1. The quantitative estimate of drug-likeness (QED) is 0.855. The van der Waals surface area contributed by atoms with Gasteiger partial charge in [-0.25, -0.2) is 0 Å². The molecule has 1 aromatic heterocycles. The van der Waals surface area contributed by atoms with E-state index in [1.165, 1.54) is 11.1 Å². The number of ether oxygens (including phenoxy) is 1. The standard InChI is InChI=1S/C13H21NO2/c1-8-9(2)16-10(3)12(8)13(14-4)11-5-6-15-7-11/h11,13-14H,5-7H2,1-4H3. The first kappa shape index (κ1) is 11.7. The Morgan fingerprint density at radius 3 is 2.44 bits per heavy atom. The van der Waals surface area contributed by atoms with Gasteiger partial charge in [-0.05, 0) is 39.8 Å². The molecule has 0 aromatic carbocycles. The second-order valence-electron chi connectivity index (χ2n) is 4.64. The van der Waals surface area contributed by atoms with Crippen LogP contribution in [0.1, 0.15) is 35.1 Å². The Labute approximate surface area is 97.2 Å². The first-order valence-electron chi connectivity index (χ1n) is 5.96. The molecule has 1 N–H and O–H groups in total. The third-order valence-corrected chi connectivity index (χ3v) is 3.68. The van der Waals surface area contributed by atoms with Crippen LogP contribution in [0, 0.1) is 26.7 Å². The van der Waals surface area contributed by atoms with Gasteiger partial charge in [0.2, 0.25) is 0 Å². The first-order chi connectivity index (χ1) is 7.65. The van der Waals surface area contributed by atoms with Crippen LogP contribution in [0.15, 0.2) is 4.42 Å². The zero-order valence-corrected chi connectivity index (χ0v) is 10.6. The van der Waals surface area contributed by atoms with E-state index in [4.69, 9.17) is 9.15 Å². The Balaban J connectivity index is 2.32. The number of nitrogens with one attached hydrogen (secondary N) is 1. The summed E-state index contributed by atoms with van der Waals surface area (Å²) in [6.07, 6.45) is 1.13. The molecule has 3 nitrogen and oxygen atoms in total. The lowest BCUT2D eigenvalue weighted by atomic mass is 9.90. The van der Waals surface area contributed by atoms with Crippen molar-refractivity contribution in [1.29, 1.82) is 0 Å². The summed E-state index contributed by atoms with van der Waals surface area (Å²) in [7, 11) is 2.02. The van der Waals surface area contributed by atoms with E-state index in [0.29, 0.717) is 12.0 Å². The molecule has 1 aliphatic rings. The van der Waals surface area contributed by atoms with E-state index in [0.717, 1.165) is 31.2 Å². The SMILES string of the molecule is CNC(c1c(C)oc(C)c1C)C1CCOC1. The van der Waals surface area contributed by atoms with Gasteiger partial charge in [0.05, 0.1) is 6.61 Å². The summed E-state index contributed by atoms with van der Waals surface area (Å²) in [4.78, 5) is 0. The predicted molar refractivity (Wildman–Crippen MR) is 63.6 cm³/mol. The van der Waals surface area contributed by atoms with Crippen molar-refractivity contribution < 1.29 is 9.15 Å². The molecular weight excluding hydrogens is 202 g/mol. The normalized spacial score (nSPS) is 22.6. The van der Waals surface area contributed by atoms with Crippen LogP contribution in [-0.2, 0) is 4.74 Å². The Kier molecular flexibility index (Phi) is 3.36. The molecule has 1 aromatic rings. The summed E-state index contributed by atoms with van der Waals surface area (Å²) in [6, 6.07) is 0.361. The van der Waals surface area contributed by atoms with Crippen LogP contribution in [0.4, 0.5) is 0 Å². The van der Waals surface area contributed by atoms with Crippen LogP contribution >= 0.6 is 0 Å². The molecule has 0 amide bonds. The highest BCUT2D eigenvalue weighted by atomic mass is 16.5. The third kappa shape index (κ3) is 1.89. The van der Waals surface area contributed by atoms with Crippen molar-refractivity contribution in [3.8, 4) is 0 Å². The van der Waals surface area contributed by atoms with Gasteiger partial charge in [0, 0.05) is 24.1 Å². The monoisotopic (exact) mass is 223 g/mol. The Hall–Kier alpha value is -0.800. The van der Waals surface area contributed by atoms with E-state index in [-0.39, 0.29) is 0 Å². The minimum atomic E-state index is 0.361. The summed E-state index contributed by atoms with van der Waals surface area (Å²) >= 11 is 0. The van der Waals surface area contributed by atoms with Crippen LogP contribution < -0.4 is 5.32 Å². The van der Waals surface area contributed by atoms with Crippen molar-refractivity contribution in [2.45, 2.75) is 33.2 Å². The second-order valence-corrected chi connectivity index (χ2v) is 4.64. The molecule has 2 atom stereocenters. The van der Waals surface area contributed by atoms with Gasteiger partial charge >= 0.3 is 0 Å². The molecule has 90 valence electrons. The average molecular weight is 223 g/mol. The maximum atomic E-state index is 5.71. The zero-order chi connectivity index (χ0) is 11.7. The Morgan fingerprint density at radius 1 is 1.25 bits per heavy atom. The number of aryl methyl sites for hydroxylation is 2. The van der Waals surface area contributed by atoms with Crippen LogP contribution in [-0.4, -0.2) is 20.3 Å². The molecule has 1 fully saturated rings. The number of furan rings is 1. The molecular formula is C13H21NO2. The lowest BCUT2D eigenvalue weighted by Gasteiger charge is -2.22. The largest absolute Gasteiger partial charge is 0.466 e. The van der Waals surface area contributed by atoms with E-state index in [1.54, 1.807) is 0 Å². The maximum absolute atomic E-state index is 5.71. The molecule has 0 saturated carbocycles. The van der Waals surface area contributed by atoms with E-state index in [2.05, 4.69) is 19.2 Å². The molecule has 1 aliphatic heterocycles. The lowest BCUT2D eigenvalue weighted by molar-refractivity contribution is 0.177. The Bertz CT molecular complexity index is 364. The van der Waals surface area contributed by atoms with Crippen molar-refractivity contribution in [2.75, 3.05) is 20.3 Å². The molecule has 2 heterocycles. The first-order valence-corrected chi connectivity index (χ1v) is 5.96. The van der Waals surface area contributed by atoms with Crippen LogP contribution in [0.5, 0.6) is 0 Å². The topological polar surface area (TPSA) is 34.4 Å². The van der Waals surface area contributed by atoms with Crippen LogP contribution in [0.25, 0.3) is 0 Å². The van der Waals surface area contributed by atoms with E-state index in [1.807, 2.05) is 14.0 Å². The molecule has 2 unspecified atom stereocenters. The fraction of sp³-hybridized carbons (Fsp3) is 0.692. The van der Waals surface area contributed by atoms with Gasteiger partial charge in [0.1, 0.15) is 11.5 Å². The minimum Gasteiger partial charge on any atom is -0.466 e. The molecule has 16 heavy (non-hydrogen) atoms. The van der Waals surface area contributed by atoms with Crippen molar-refractivity contribution >= 4 is 0 Å². The van der Waals surface area contributed by atoms with Crippen LogP contribution in [0.2, 0.25) is 0 Å². The highest BCUT2D eigenvalue weighted by Crippen LogP contribution is 2.34. The molecule has 2 rings (SSSR count). The highest BCUT2D eigenvalue weighted by molar-refractivity contribution is 5.34. The molecule has 0 radical (unpaired) electrons. The molecule has 0 bridgehead atoms. The van der Waals surface area contributed by atoms with Gasteiger partial charge in [-0.3, -0.25) is 0 Å². The smallest absolute Gasteiger partial charge is 0.106 e. The van der Waals surface area contributed by atoms with Crippen molar-refractivity contribution in [2.24, 2.45) is 5.92 Å². The van der Waals surface area contributed by atoms with Gasteiger partial charge in [0.25, 0.3) is 0 Å². The maximum Gasteiger partial charge on any atom is 0.106 e. The van der Waals surface area contributed by atoms with E-state index < -0.39 is 0 Å². The zero-order valence-electron chi connectivity index (χ0n) is 10.6. The second kappa shape index (κ2) is 4.60. The average Bonchev–Trinajstić information content (AvgIpc) is 2.84. The molecule has 3 heteroatoms. The molecule has 0 spiro atoms. The fourth-order valence-electron chi connectivity index (χ4n) is 2.70. The Morgan fingerprint density at radius 2 is 2.00 bits per heavy atom. The summed E-state index contributed by atoms with van der Waals surface area (Å²) in [5, 5.41) is 3.42. The van der Waals surface area contributed by atoms with Crippen molar-refractivity contribution in [3.63, 3.8) is 0 Å². The molecule has 1 saturated heterocycles.